The minimum Gasteiger partial charge on any atom is -0.480 e. The molecule has 0 saturated carbocycles. The Kier molecular flexibility index (Phi) is 6.76. The van der Waals surface area contributed by atoms with Crippen molar-refractivity contribution in [2.75, 3.05) is 25.0 Å². The van der Waals surface area contributed by atoms with Crippen molar-refractivity contribution in [3.8, 4) is 0 Å². The third kappa shape index (κ3) is 5.10. The van der Waals surface area contributed by atoms with Gasteiger partial charge in [-0.05, 0) is 59.8 Å². The molecule has 1 aliphatic rings. The number of anilines is 2. The van der Waals surface area contributed by atoms with E-state index in [2.05, 4.69) is 10.6 Å². The maximum atomic E-state index is 14.5. The van der Waals surface area contributed by atoms with Gasteiger partial charge in [0.2, 0.25) is 0 Å². The number of nitrogens with zero attached hydrogens (tertiary/aromatic N) is 1. The number of aliphatic hydroxyl groups is 1. The van der Waals surface area contributed by atoms with Gasteiger partial charge in [-0.3, -0.25) is 9.59 Å². The smallest absolute Gasteiger partial charge is 0.320 e. The molecule has 1 fully saturated rings. The molecular formula is C20H19F3IN3O4. The topological polar surface area (TPSA) is 102 Å². The summed E-state index contributed by atoms with van der Waals surface area (Å²) in [7, 11) is 0. The number of hydrogen-bond acceptors (Lipinski definition) is 5. The molecule has 1 atom stereocenters. The van der Waals surface area contributed by atoms with Crippen molar-refractivity contribution >= 4 is 45.8 Å². The predicted molar refractivity (Wildman–Crippen MR) is 115 cm³/mol. The maximum absolute atomic E-state index is 14.5. The molecule has 2 aromatic rings. The van der Waals surface area contributed by atoms with Gasteiger partial charge in [0.1, 0.15) is 17.5 Å². The molecule has 4 N–H and O–H groups in total. The van der Waals surface area contributed by atoms with Crippen molar-refractivity contribution in [2.24, 2.45) is 0 Å². The van der Waals surface area contributed by atoms with Crippen LogP contribution in [-0.2, 0) is 4.79 Å². The summed E-state index contributed by atoms with van der Waals surface area (Å²) >= 11 is 1.90. The van der Waals surface area contributed by atoms with E-state index in [1.807, 2.05) is 22.6 Å². The number of amides is 1. The quantitative estimate of drug-likeness (QED) is 0.397. The summed E-state index contributed by atoms with van der Waals surface area (Å²) < 4.78 is 43.1. The van der Waals surface area contributed by atoms with Crippen molar-refractivity contribution in [2.45, 2.75) is 18.6 Å². The number of carbonyl (C=O) groups excluding carboxylic acids is 1. The third-order valence-corrected chi connectivity index (χ3v) is 5.55. The highest BCUT2D eigenvalue weighted by molar-refractivity contribution is 14.1. The Hall–Kier alpha value is -2.38. The zero-order chi connectivity index (χ0) is 22.9. The van der Waals surface area contributed by atoms with E-state index in [-0.39, 0.29) is 30.9 Å². The first kappa shape index (κ1) is 23.3. The molecule has 1 aliphatic heterocycles. The van der Waals surface area contributed by atoms with Crippen LogP contribution < -0.4 is 10.6 Å². The molecule has 7 nitrogen and oxygen atoms in total. The number of carboxylic acid groups (broad SMARTS) is 1. The minimum atomic E-state index is -1.35. The standard InChI is InChI=1S/C20H19F3IN3O4/c1-10(19(29)30)25-7-20(31)8-27(9-20)18(28)12-3-4-13(21)16(23)17(12)26-15-5-2-11(24)6-14(15)22/h2-6,10,25-26,31H,7-9H2,1H3,(H,29,30)/t10-/m0/s1. The van der Waals surface area contributed by atoms with Crippen LogP contribution in [0.2, 0.25) is 0 Å². The van der Waals surface area contributed by atoms with E-state index in [0.717, 1.165) is 12.1 Å². The molecule has 3 rings (SSSR count). The average molecular weight is 549 g/mol. The van der Waals surface area contributed by atoms with Crippen molar-refractivity contribution in [3.63, 3.8) is 0 Å². The van der Waals surface area contributed by atoms with Crippen LogP contribution in [0.3, 0.4) is 0 Å². The molecule has 1 amide bonds. The minimum absolute atomic E-state index is 0.0685. The van der Waals surface area contributed by atoms with Crippen LogP contribution in [-0.4, -0.2) is 58.3 Å². The van der Waals surface area contributed by atoms with Gasteiger partial charge in [0.25, 0.3) is 5.91 Å². The molecule has 1 saturated heterocycles. The molecule has 31 heavy (non-hydrogen) atoms. The Labute approximate surface area is 189 Å². The summed E-state index contributed by atoms with van der Waals surface area (Å²) in [5.41, 5.74) is -2.23. The van der Waals surface area contributed by atoms with Gasteiger partial charge in [-0.2, -0.15) is 0 Å². The van der Waals surface area contributed by atoms with Crippen LogP contribution in [0, 0.1) is 21.0 Å². The van der Waals surface area contributed by atoms with Crippen LogP contribution in [0.5, 0.6) is 0 Å². The number of benzene rings is 2. The summed E-state index contributed by atoms with van der Waals surface area (Å²) in [6, 6.07) is 5.08. The van der Waals surface area contributed by atoms with E-state index in [1.165, 1.54) is 24.0 Å². The number of likely N-dealkylation sites (tertiary alicyclic amines) is 1. The predicted octanol–water partition coefficient (Wildman–Crippen LogP) is 2.70. The Morgan fingerprint density at radius 2 is 1.87 bits per heavy atom. The lowest BCUT2D eigenvalue weighted by atomic mass is 9.92. The van der Waals surface area contributed by atoms with Crippen LogP contribution in [0.4, 0.5) is 24.5 Å². The van der Waals surface area contributed by atoms with E-state index in [1.54, 1.807) is 6.07 Å². The molecule has 0 radical (unpaired) electrons. The zero-order valence-electron chi connectivity index (χ0n) is 16.3. The van der Waals surface area contributed by atoms with Crippen LogP contribution in [0.15, 0.2) is 30.3 Å². The molecule has 1 heterocycles. The van der Waals surface area contributed by atoms with Gasteiger partial charge in [0, 0.05) is 10.1 Å². The fourth-order valence-electron chi connectivity index (χ4n) is 3.10. The Morgan fingerprint density at radius 1 is 1.19 bits per heavy atom. The maximum Gasteiger partial charge on any atom is 0.320 e. The number of rotatable bonds is 7. The Bertz CT molecular complexity index is 1030. The largest absolute Gasteiger partial charge is 0.480 e. The molecule has 2 aromatic carbocycles. The second kappa shape index (κ2) is 9.01. The number of nitrogens with one attached hydrogen (secondary N) is 2. The summed E-state index contributed by atoms with van der Waals surface area (Å²) in [6.45, 7) is 1.07. The van der Waals surface area contributed by atoms with Crippen molar-refractivity contribution in [3.05, 3.63) is 56.9 Å². The summed E-state index contributed by atoms with van der Waals surface area (Å²) in [6.07, 6.45) is 0. The van der Waals surface area contributed by atoms with Crippen molar-refractivity contribution in [1.29, 1.82) is 0 Å². The lowest BCUT2D eigenvalue weighted by Crippen LogP contribution is -2.68. The highest BCUT2D eigenvalue weighted by Crippen LogP contribution is 2.31. The van der Waals surface area contributed by atoms with E-state index in [4.69, 9.17) is 5.11 Å². The molecule has 0 unspecified atom stereocenters. The molecule has 0 bridgehead atoms. The van der Waals surface area contributed by atoms with Gasteiger partial charge in [-0.15, -0.1) is 0 Å². The monoisotopic (exact) mass is 549 g/mol. The van der Waals surface area contributed by atoms with E-state index < -0.39 is 46.7 Å². The van der Waals surface area contributed by atoms with Gasteiger partial charge < -0.3 is 25.7 Å². The van der Waals surface area contributed by atoms with Gasteiger partial charge in [-0.25, -0.2) is 13.2 Å². The normalized spacial score (nSPS) is 15.9. The number of carboxylic acids is 1. The van der Waals surface area contributed by atoms with Gasteiger partial charge >= 0.3 is 5.97 Å². The first-order valence-electron chi connectivity index (χ1n) is 9.19. The highest BCUT2D eigenvalue weighted by Gasteiger charge is 2.44. The fraction of sp³-hybridized carbons (Fsp3) is 0.300. The average Bonchev–Trinajstić information content (AvgIpc) is 2.68. The van der Waals surface area contributed by atoms with E-state index in [0.29, 0.717) is 3.57 Å². The SMILES string of the molecule is C[C@H](NCC1(O)CN(C(=O)c2ccc(F)c(F)c2Nc2ccc(I)cc2F)C1)C(=O)O. The molecule has 166 valence electrons. The summed E-state index contributed by atoms with van der Waals surface area (Å²) in [4.78, 5) is 24.9. The van der Waals surface area contributed by atoms with Gasteiger partial charge in [0.15, 0.2) is 11.6 Å². The number of carbonyl (C=O) groups is 2. The highest BCUT2D eigenvalue weighted by atomic mass is 127. The Balaban J connectivity index is 1.78. The number of aliphatic carboxylic acids is 1. The molecule has 0 aliphatic carbocycles. The van der Waals surface area contributed by atoms with Crippen molar-refractivity contribution in [1.82, 2.24) is 10.2 Å². The molecule has 0 spiro atoms. The fourth-order valence-corrected chi connectivity index (χ4v) is 3.55. The van der Waals surface area contributed by atoms with Crippen LogP contribution in [0.1, 0.15) is 17.3 Å². The van der Waals surface area contributed by atoms with E-state index in [9.17, 15) is 27.9 Å². The van der Waals surface area contributed by atoms with Gasteiger partial charge in [0.05, 0.1) is 30.0 Å². The molecule has 11 heteroatoms. The molecular weight excluding hydrogens is 530 g/mol. The first-order valence-corrected chi connectivity index (χ1v) is 10.3. The lowest BCUT2D eigenvalue weighted by molar-refractivity contribution is -0.139. The number of hydrogen-bond donors (Lipinski definition) is 4. The molecule has 0 aromatic heterocycles. The number of halogens is 4. The lowest BCUT2D eigenvalue weighted by Gasteiger charge is -2.47. The third-order valence-electron chi connectivity index (χ3n) is 4.88. The van der Waals surface area contributed by atoms with E-state index >= 15 is 0 Å². The summed E-state index contributed by atoms with van der Waals surface area (Å²) in [5, 5.41) is 24.4. The second-order valence-electron chi connectivity index (χ2n) is 7.36. The second-order valence-corrected chi connectivity index (χ2v) is 8.61. The van der Waals surface area contributed by atoms with Gasteiger partial charge in [-0.1, -0.05) is 0 Å². The van der Waals surface area contributed by atoms with Crippen molar-refractivity contribution < 1.29 is 33.0 Å². The van der Waals surface area contributed by atoms with Crippen LogP contribution >= 0.6 is 22.6 Å². The zero-order valence-corrected chi connectivity index (χ0v) is 18.4. The Morgan fingerprint density at radius 3 is 2.48 bits per heavy atom. The van der Waals surface area contributed by atoms with Crippen LogP contribution in [0.25, 0.3) is 0 Å². The number of β-amino-alcohol motifs (C(OH)–C–C–N with tert-alkyl or cyclic N) is 1. The first-order chi connectivity index (χ1) is 14.5. The summed E-state index contributed by atoms with van der Waals surface area (Å²) in [5.74, 6) is -5.03.